The summed E-state index contributed by atoms with van der Waals surface area (Å²) in [7, 11) is 1.60. The number of rotatable bonds is 2. The minimum absolute atomic E-state index is 0.0111. The van der Waals surface area contributed by atoms with Crippen LogP contribution in [0.3, 0.4) is 0 Å². The minimum Gasteiger partial charge on any atom is -0.496 e. The van der Waals surface area contributed by atoms with Gasteiger partial charge in [-0.2, -0.15) is 0 Å². The van der Waals surface area contributed by atoms with Crippen molar-refractivity contribution in [3.05, 3.63) is 29.8 Å². The van der Waals surface area contributed by atoms with Crippen LogP contribution in [0.15, 0.2) is 24.3 Å². The number of benzene rings is 1. The number of carbonyl (C=O) groups excluding carboxylic acids is 2. The lowest BCUT2D eigenvalue weighted by molar-refractivity contribution is -0.132. The van der Waals surface area contributed by atoms with E-state index in [0.717, 1.165) is 32.1 Å². The average Bonchev–Trinajstić information content (AvgIpc) is 2.75. The molecule has 140 valence electrons. The van der Waals surface area contributed by atoms with Gasteiger partial charge in [0.2, 0.25) is 5.91 Å². The van der Waals surface area contributed by atoms with Gasteiger partial charge in [-0.05, 0) is 31.4 Å². The number of fused-ring (bicyclic) bond motifs is 1. The number of para-hydroxylation sites is 1. The van der Waals surface area contributed by atoms with Gasteiger partial charge >= 0.3 is 0 Å². The lowest BCUT2D eigenvalue weighted by Gasteiger charge is -2.46. The van der Waals surface area contributed by atoms with Gasteiger partial charge < -0.3 is 14.5 Å². The second-order valence-corrected chi connectivity index (χ2v) is 8.26. The summed E-state index contributed by atoms with van der Waals surface area (Å²) in [5.74, 6) is 0.805. The second-order valence-electron chi connectivity index (χ2n) is 8.26. The summed E-state index contributed by atoms with van der Waals surface area (Å²) in [6, 6.07) is 8.03. The number of nitrogens with zero attached hydrogens (tertiary/aromatic N) is 2. The Morgan fingerprint density at radius 2 is 1.85 bits per heavy atom. The molecule has 5 heteroatoms. The first kappa shape index (κ1) is 17.4. The predicted molar refractivity (Wildman–Crippen MR) is 99.1 cm³/mol. The Kier molecular flexibility index (Phi) is 4.20. The van der Waals surface area contributed by atoms with E-state index in [1.165, 1.54) is 0 Å². The maximum atomic E-state index is 13.5. The number of methoxy groups -OCH3 is 1. The summed E-state index contributed by atoms with van der Waals surface area (Å²) < 4.78 is 5.43. The lowest BCUT2D eigenvalue weighted by atomic mass is 9.71. The summed E-state index contributed by atoms with van der Waals surface area (Å²) in [5, 5.41) is 0. The van der Waals surface area contributed by atoms with E-state index in [4.69, 9.17) is 4.74 Å². The van der Waals surface area contributed by atoms with Crippen LogP contribution in [0, 0.1) is 5.41 Å². The largest absolute Gasteiger partial charge is 0.496 e. The van der Waals surface area contributed by atoms with Crippen molar-refractivity contribution in [1.82, 2.24) is 9.80 Å². The number of hydrogen-bond donors (Lipinski definition) is 0. The third-order valence-corrected chi connectivity index (χ3v) is 6.88. The molecule has 3 fully saturated rings. The van der Waals surface area contributed by atoms with Crippen LogP contribution in [-0.2, 0) is 4.79 Å². The van der Waals surface area contributed by atoms with Crippen molar-refractivity contribution >= 4 is 11.8 Å². The van der Waals surface area contributed by atoms with Gasteiger partial charge in [0, 0.05) is 31.0 Å². The zero-order valence-electron chi connectivity index (χ0n) is 15.9. The molecule has 2 amide bonds. The van der Waals surface area contributed by atoms with Crippen LogP contribution < -0.4 is 4.74 Å². The molecule has 0 N–H and O–H groups in total. The monoisotopic (exact) mass is 356 g/mol. The number of piperidine rings is 1. The zero-order valence-corrected chi connectivity index (χ0v) is 15.9. The van der Waals surface area contributed by atoms with Crippen molar-refractivity contribution in [2.75, 3.05) is 13.7 Å². The molecule has 0 spiro atoms. The summed E-state index contributed by atoms with van der Waals surface area (Å²) in [5.41, 5.74) is 0.609. The first-order valence-corrected chi connectivity index (χ1v) is 9.70. The highest BCUT2D eigenvalue weighted by Crippen LogP contribution is 2.53. The Balaban J connectivity index is 1.74. The van der Waals surface area contributed by atoms with E-state index in [-0.39, 0.29) is 35.4 Å². The molecule has 3 aliphatic rings. The molecule has 0 aromatic heterocycles. The Hall–Kier alpha value is -2.04. The Bertz CT molecular complexity index is 734. The number of carbonyl (C=O) groups is 2. The molecule has 0 unspecified atom stereocenters. The van der Waals surface area contributed by atoms with Crippen molar-refractivity contribution in [2.24, 2.45) is 5.41 Å². The fraction of sp³-hybridized carbons (Fsp3) is 0.619. The van der Waals surface area contributed by atoms with E-state index in [9.17, 15) is 9.59 Å². The molecule has 1 aromatic rings. The minimum atomic E-state index is -0.0111. The smallest absolute Gasteiger partial charge is 0.257 e. The summed E-state index contributed by atoms with van der Waals surface area (Å²) >= 11 is 0. The first-order chi connectivity index (χ1) is 12.5. The predicted octanol–water partition coefficient (Wildman–Crippen LogP) is 3.09. The molecule has 2 heterocycles. The van der Waals surface area contributed by atoms with Crippen LogP contribution >= 0.6 is 0 Å². The third-order valence-electron chi connectivity index (χ3n) is 6.88. The number of likely N-dealkylation sites (tertiary alicyclic amines) is 2. The van der Waals surface area contributed by atoms with Gasteiger partial charge in [-0.15, -0.1) is 0 Å². The SMILES string of the molecule is COc1ccccc1C(=O)N1C[C@@H]2C[C@@]3(C)[C@H](CCCC[C@@H]13)N2C(C)=O. The van der Waals surface area contributed by atoms with E-state index in [2.05, 4.69) is 11.8 Å². The van der Waals surface area contributed by atoms with Gasteiger partial charge in [0.15, 0.2) is 0 Å². The molecule has 2 bridgehead atoms. The first-order valence-electron chi connectivity index (χ1n) is 9.70. The van der Waals surface area contributed by atoms with Gasteiger partial charge in [0.25, 0.3) is 5.91 Å². The van der Waals surface area contributed by atoms with E-state index in [1.54, 1.807) is 14.0 Å². The lowest BCUT2D eigenvalue weighted by Crippen LogP contribution is -2.55. The van der Waals surface area contributed by atoms with Gasteiger partial charge in [-0.3, -0.25) is 9.59 Å². The summed E-state index contributed by atoms with van der Waals surface area (Å²) in [6.45, 7) is 4.61. The van der Waals surface area contributed by atoms with Crippen LogP contribution in [0.4, 0.5) is 0 Å². The van der Waals surface area contributed by atoms with Crippen molar-refractivity contribution in [1.29, 1.82) is 0 Å². The van der Waals surface area contributed by atoms with Crippen molar-refractivity contribution in [3.63, 3.8) is 0 Å². The average molecular weight is 356 g/mol. The molecular formula is C21H28N2O3. The van der Waals surface area contributed by atoms with Crippen molar-refractivity contribution in [2.45, 2.75) is 64.1 Å². The van der Waals surface area contributed by atoms with Crippen molar-refractivity contribution in [3.8, 4) is 5.75 Å². The molecule has 0 radical (unpaired) electrons. The quantitative estimate of drug-likeness (QED) is 0.818. The molecule has 4 rings (SSSR count). The third kappa shape index (κ3) is 2.43. The highest BCUT2D eigenvalue weighted by atomic mass is 16.5. The van der Waals surface area contributed by atoms with E-state index in [1.807, 2.05) is 29.2 Å². The van der Waals surface area contributed by atoms with Crippen LogP contribution in [0.2, 0.25) is 0 Å². The fourth-order valence-electron chi connectivity index (χ4n) is 5.84. The normalized spacial score (nSPS) is 33.0. The van der Waals surface area contributed by atoms with Crippen LogP contribution in [0.5, 0.6) is 5.75 Å². The molecule has 1 aromatic carbocycles. The Labute approximate surface area is 155 Å². The standard InChI is InChI=1S/C21H28N2O3/c1-14(24)23-15-12-21(2)18(10-6-7-11-19(21)23)22(13-15)20(25)16-8-4-5-9-17(16)26-3/h4-5,8-9,15,18-19H,6-7,10-13H2,1-3H3/t15-,18+,19-,21+/m0/s1. The van der Waals surface area contributed by atoms with Crippen LogP contribution in [0.25, 0.3) is 0 Å². The molecule has 2 saturated heterocycles. The van der Waals surface area contributed by atoms with E-state index < -0.39 is 0 Å². The number of ether oxygens (including phenoxy) is 1. The molecule has 2 aliphatic heterocycles. The maximum Gasteiger partial charge on any atom is 0.257 e. The van der Waals surface area contributed by atoms with Gasteiger partial charge in [-0.1, -0.05) is 31.9 Å². The maximum absolute atomic E-state index is 13.5. The molecule has 4 atom stereocenters. The van der Waals surface area contributed by atoms with E-state index >= 15 is 0 Å². The van der Waals surface area contributed by atoms with Gasteiger partial charge in [0.05, 0.1) is 18.7 Å². The molecule has 1 saturated carbocycles. The topological polar surface area (TPSA) is 49.9 Å². The summed E-state index contributed by atoms with van der Waals surface area (Å²) in [4.78, 5) is 30.0. The highest BCUT2D eigenvalue weighted by Gasteiger charge is 2.60. The van der Waals surface area contributed by atoms with Gasteiger partial charge in [0.1, 0.15) is 5.75 Å². The Morgan fingerprint density at radius 1 is 1.15 bits per heavy atom. The van der Waals surface area contributed by atoms with Crippen molar-refractivity contribution < 1.29 is 14.3 Å². The highest BCUT2D eigenvalue weighted by molar-refractivity contribution is 5.97. The number of amides is 2. The molecule has 26 heavy (non-hydrogen) atoms. The second kappa shape index (κ2) is 6.29. The molecule has 1 aliphatic carbocycles. The molecular weight excluding hydrogens is 328 g/mol. The van der Waals surface area contributed by atoms with Crippen LogP contribution in [-0.4, -0.2) is 53.4 Å². The van der Waals surface area contributed by atoms with E-state index in [0.29, 0.717) is 17.9 Å². The zero-order chi connectivity index (χ0) is 18.5. The molecule has 5 nitrogen and oxygen atoms in total. The summed E-state index contributed by atoms with van der Waals surface area (Å²) in [6.07, 6.45) is 5.33. The fourth-order valence-corrected chi connectivity index (χ4v) is 5.84. The Morgan fingerprint density at radius 3 is 2.54 bits per heavy atom. The van der Waals surface area contributed by atoms with Gasteiger partial charge in [-0.25, -0.2) is 0 Å². The number of hydrogen-bond acceptors (Lipinski definition) is 3. The van der Waals surface area contributed by atoms with Crippen LogP contribution in [0.1, 0.15) is 56.3 Å².